The first kappa shape index (κ1) is 9.99. The van der Waals surface area contributed by atoms with Gasteiger partial charge in [0, 0.05) is 0 Å². The minimum Gasteiger partial charge on any atom is -0.475 e. The molecular weight excluding hydrogens is 180 g/mol. The first-order valence-electron chi connectivity index (χ1n) is 4.04. The number of hydrogen-bond acceptors (Lipinski definition) is 5. The van der Waals surface area contributed by atoms with Crippen molar-refractivity contribution in [2.45, 2.75) is 6.42 Å². The zero-order valence-electron chi connectivity index (χ0n) is 7.60. The van der Waals surface area contributed by atoms with Gasteiger partial charge in [-0.1, -0.05) is 6.08 Å². The first-order valence-corrected chi connectivity index (χ1v) is 4.04. The highest BCUT2D eigenvalue weighted by Gasteiger charge is 2.06. The smallest absolute Gasteiger partial charge is 0.253 e. The molecule has 0 unspecified atom stereocenters. The van der Waals surface area contributed by atoms with Gasteiger partial charge < -0.3 is 10.5 Å². The summed E-state index contributed by atoms with van der Waals surface area (Å²) in [5.74, 6) is 0.409. The minimum atomic E-state index is 0.142. The van der Waals surface area contributed by atoms with Gasteiger partial charge in [0.25, 0.3) is 5.88 Å². The third-order valence-electron chi connectivity index (χ3n) is 1.43. The van der Waals surface area contributed by atoms with E-state index in [1.807, 2.05) is 6.07 Å². The Kier molecular flexibility index (Phi) is 3.44. The lowest BCUT2D eigenvalue weighted by Gasteiger charge is -2.04. The van der Waals surface area contributed by atoms with Crippen LogP contribution in [0.4, 0.5) is 5.82 Å². The highest BCUT2D eigenvalue weighted by Crippen LogP contribution is 2.13. The molecule has 0 aliphatic heterocycles. The Morgan fingerprint density at radius 3 is 3.14 bits per heavy atom. The van der Waals surface area contributed by atoms with Crippen LogP contribution in [-0.4, -0.2) is 16.6 Å². The van der Waals surface area contributed by atoms with Crippen molar-refractivity contribution in [1.29, 1.82) is 5.26 Å². The zero-order valence-corrected chi connectivity index (χ0v) is 7.60. The van der Waals surface area contributed by atoms with E-state index >= 15 is 0 Å². The Hall–Kier alpha value is -2.09. The second kappa shape index (κ2) is 4.82. The molecule has 0 aliphatic rings. The van der Waals surface area contributed by atoms with Gasteiger partial charge in [-0.15, -0.1) is 6.58 Å². The average Bonchev–Trinajstić information content (AvgIpc) is 2.19. The lowest BCUT2D eigenvalue weighted by Crippen LogP contribution is -2.03. The molecule has 14 heavy (non-hydrogen) atoms. The van der Waals surface area contributed by atoms with Gasteiger partial charge in [-0.25, -0.2) is 4.98 Å². The molecule has 0 bridgehead atoms. The minimum absolute atomic E-state index is 0.142. The van der Waals surface area contributed by atoms with Gasteiger partial charge in [-0.05, 0) is 6.42 Å². The third-order valence-corrected chi connectivity index (χ3v) is 1.43. The Morgan fingerprint density at radius 1 is 1.71 bits per heavy atom. The zero-order chi connectivity index (χ0) is 10.4. The summed E-state index contributed by atoms with van der Waals surface area (Å²) in [6.45, 7) is 3.96. The van der Waals surface area contributed by atoms with Crippen molar-refractivity contribution in [2.75, 3.05) is 12.3 Å². The maximum atomic E-state index is 8.67. The molecular formula is C9H10N4O. The normalized spacial score (nSPS) is 9.07. The van der Waals surface area contributed by atoms with Crippen LogP contribution in [0.1, 0.15) is 12.1 Å². The summed E-state index contributed by atoms with van der Waals surface area (Å²) in [6.07, 6.45) is 3.71. The standard InChI is InChI=1S/C9H10N4O/c1-2-3-4-14-9-7(5-10)12-6-8(11)13-9/h2,6H,1,3-4H2,(H2,11,13). The molecule has 72 valence electrons. The SMILES string of the molecule is C=CCCOc1nc(N)cnc1C#N. The molecule has 0 aliphatic carbocycles. The Bertz CT molecular complexity index is 370. The third kappa shape index (κ3) is 2.45. The van der Waals surface area contributed by atoms with E-state index in [0.717, 1.165) is 0 Å². The van der Waals surface area contributed by atoms with Crippen LogP contribution in [-0.2, 0) is 0 Å². The highest BCUT2D eigenvalue weighted by atomic mass is 16.5. The van der Waals surface area contributed by atoms with Gasteiger partial charge >= 0.3 is 0 Å². The van der Waals surface area contributed by atoms with Gasteiger partial charge in [0.15, 0.2) is 0 Å². The van der Waals surface area contributed by atoms with E-state index in [0.29, 0.717) is 13.0 Å². The summed E-state index contributed by atoms with van der Waals surface area (Å²) in [4.78, 5) is 7.63. The molecule has 0 aromatic carbocycles. The van der Waals surface area contributed by atoms with Crippen LogP contribution in [0.2, 0.25) is 0 Å². The molecule has 0 fully saturated rings. The predicted molar refractivity (Wildman–Crippen MR) is 51.5 cm³/mol. The van der Waals surface area contributed by atoms with Crippen LogP contribution in [0.5, 0.6) is 5.88 Å². The van der Waals surface area contributed by atoms with Gasteiger partial charge in [-0.3, -0.25) is 0 Å². The van der Waals surface area contributed by atoms with Crippen LogP contribution >= 0.6 is 0 Å². The van der Waals surface area contributed by atoms with E-state index in [9.17, 15) is 0 Å². The average molecular weight is 190 g/mol. The van der Waals surface area contributed by atoms with Crippen LogP contribution in [0.25, 0.3) is 0 Å². The van der Waals surface area contributed by atoms with E-state index < -0.39 is 0 Å². The summed E-state index contributed by atoms with van der Waals surface area (Å²) in [5, 5.41) is 8.67. The number of rotatable bonds is 4. The highest BCUT2D eigenvalue weighted by molar-refractivity contribution is 5.37. The lowest BCUT2D eigenvalue weighted by atomic mass is 10.4. The summed E-state index contributed by atoms with van der Waals surface area (Å²) >= 11 is 0. The maximum absolute atomic E-state index is 8.67. The fraction of sp³-hybridized carbons (Fsp3) is 0.222. The number of anilines is 1. The van der Waals surface area contributed by atoms with Gasteiger partial charge in [0.05, 0.1) is 12.8 Å². The van der Waals surface area contributed by atoms with E-state index in [-0.39, 0.29) is 17.4 Å². The van der Waals surface area contributed by atoms with Crippen LogP contribution < -0.4 is 10.5 Å². The van der Waals surface area contributed by atoms with Gasteiger partial charge in [0.2, 0.25) is 5.69 Å². The van der Waals surface area contributed by atoms with E-state index in [1.54, 1.807) is 6.08 Å². The molecule has 0 atom stereocenters. The van der Waals surface area contributed by atoms with Crippen molar-refractivity contribution in [3.8, 4) is 11.9 Å². The van der Waals surface area contributed by atoms with E-state index in [2.05, 4.69) is 16.5 Å². The lowest BCUT2D eigenvalue weighted by molar-refractivity contribution is 0.310. The topological polar surface area (TPSA) is 84.8 Å². The van der Waals surface area contributed by atoms with Crippen molar-refractivity contribution >= 4 is 5.82 Å². The summed E-state index contributed by atoms with van der Waals surface area (Å²) in [5.41, 5.74) is 5.55. The molecule has 1 rings (SSSR count). The number of nitriles is 1. The molecule has 2 N–H and O–H groups in total. The van der Waals surface area contributed by atoms with Gasteiger partial charge in [-0.2, -0.15) is 10.2 Å². The van der Waals surface area contributed by atoms with Crippen molar-refractivity contribution in [3.63, 3.8) is 0 Å². The van der Waals surface area contributed by atoms with Gasteiger partial charge in [0.1, 0.15) is 11.9 Å². The second-order valence-corrected chi connectivity index (χ2v) is 2.49. The molecule has 0 amide bonds. The predicted octanol–water partition coefficient (Wildman–Crippen LogP) is 0.885. The first-order chi connectivity index (χ1) is 6.77. The van der Waals surface area contributed by atoms with Crippen molar-refractivity contribution in [3.05, 3.63) is 24.5 Å². The summed E-state index contributed by atoms with van der Waals surface area (Å²) < 4.78 is 5.20. The molecule has 0 saturated carbocycles. The number of nitrogens with zero attached hydrogens (tertiary/aromatic N) is 3. The Morgan fingerprint density at radius 2 is 2.50 bits per heavy atom. The Labute approximate surface area is 81.9 Å². The largest absolute Gasteiger partial charge is 0.475 e. The molecule has 1 aromatic rings. The fourth-order valence-electron chi connectivity index (χ4n) is 0.801. The van der Waals surface area contributed by atoms with Crippen molar-refractivity contribution in [2.24, 2.45) is 0 Å². The van der Waals surface area contributed by atoms with Crippen LogP contribution in [0, 0.1) is 11.3 Å². The quantitative estimate of drug-likeness (QED) is 0.562. The molecule has 0 saturated heterocycles. The summed E-state index contributed by atoms with van der Waals surface area (Å²) in [7, 11) is 0. The van der Waals surface area contributed by atoms with Crippen LogP contribution in [0.3, 0.4) is 0 Å². The number of aromatic nitrogens is 2. The van der Waals surface area contributed by atoms with Crippen molar-refractivity contribution in [1.82, 2.24) is 9.97 Å². The monoisotopic (exact) mass is 190 g/mol. The maximum Gasteiger partial charge on any atom is 0.253 e. The van der Waals surface area contributed by atoms with E-state index in [4.69, 9.17) is 15.7 Å². The molecule has 1 heterocycles. The molecule has 5 heteroatoms. The number of ether oxygens (including phenoxy) is 1. The van der Waals surface area contributed by atoms with Crippen molar-refractivity contribution < 1.29 is 4.74 Å². The van der Waals surface area contributed by atoms with Crippen LogP contribution in [0.15, 0.2) is 18.9 Å². The molecule has 0 spiro atoms. The number of nitrogen functional groups attached to an aromatic ring is 1. The molecule has 0 radical (unpaired) electrons. The molecule has 1 aromatic heterocycles. The Balaban J connectivity index is 2.78. The molecule has 5 nitrogen and oxygen atoms in total. The van der Waals surface area contributed by atoms with E-state index in [1.165, 1.54) is 6.20 Å². The number of hydrogen-bond donors (Lipinski definition) is 1. The summed E-state index contributed by atoms with van der Waals surface area (Å²) in [6, 6.07) is 1.87. The fourth-order valence-corrected chi connectivity index (χ4v) is 0.801. The second-order valence-electron chi connectivity index (χ2n) is 2.49. The number of nitrogens with two attached hydrogens (primary N) is 1.